The Labute approximate surface area is 85.4 Å². The molecule has 5 nitrogen and oxygen atoms in total. The van der Waals surface area contributed by atoms with Crippen LogP contribution in [-0.2, 0) is 14.9 Å². The van der Waals surface area contributed by atoms with E-state index in [1.165, 1.54) is 7.05 Å². The van der Waals surface area contributed by atoms with Gasteiger partial charge in [0.2, 0.25) is 0 Å². The fourth-order valence-electron chi connectivity index (χ4n) is 1.77. The van der Waals surface area contributed by atoms with Crippen LogP contribution in [0.25, 0.3) is 0 Å². The Morgan fingerprint density at radius 3 is 2.50 bits per heavy atom. The van der Waals surface area contributed by atoms with E-state index in [0.29, 0.717) is 0 Å². The van der Waals surface area contributed by atoms with Crippen molar-refractivity contribution in [1.29, 1.82) is 0 Å². The van der Waals surface area contributed by atoms with Crippen LogP contribution in [0.5, 0.6) is 0 Å². The molecule has 0 heterocycles. The zero-order valence-electron chi connectivity index (χ0n) is 8.62. The molecule has 0 spiro atoms. The second-order valence-corrected chi connectivity index (χ2v) is 5.14. The molecular weight excluding hydrogens is 204 g/mol. The molecule has 1 aliphatic carbocycles. The SMILES string of the molecule is CNS(=O)(=O)NC1CCCCC1OC. The van der Waals surface area contributed by atoms with Crippen LogP contribution < -0.4 is 9.44 Å². The average Bonchev–Trinajstić information content (AvgIpc) is 2.18. The minimum atomic E-state index is -3.34. The van der Waals surface area contributed by atoms with Crippen LogP contribution in [0.15, 0.2) is 0 Å². The highest BCUT2D eigenvalue weighted by Gasteiger charge is 2.27. The minimum Gasteiger partial charge on any atom is -0.380 e. The van der Waals surface area contributed by atoms with Gasteiger partial charge in [-0.05, 0) is 12.8 Å². The van der Waals surface area contributed by atoms with Gasteiger partial charge in [-0.1, -0.05) is 12.8 Å². The fourth-order valence-corrected chi connectivity index (χ4v) is 2.56. The second kappa shape index (κ2) is 5.06. The van der Waals surface area contributed by atoms with Gasteiger partial charge in [-0.2, -0.15) is 13.1 Å². The zero-order valence-corrected chi connectivity index (χ0v) is 9.43. The van der Waals surface area contributed by atoms with Crippen molar-refractivity contribution in [1.82, 2.24) is 9.44 Å². The number of hydrogen-bond acceptors (Lipinski definition) is 3. The van der Waals surface area contributed by atoms with Crippen molar-refractivity contribution in [2.75, 3.05) is 14.2 Å². The van der Waals surface area contributed by atoms with Crippen LogP contribution in [0, 0.1) is 0 Å². The number of methoxy groups -OCH3 is 1. The number of nitrogens with one attached hydrogen (secondary N) is 2. The number of rotatable bonds is 4. The third-order valence-corrected chi connectivity index (χ3v) is 3.73. The van der Waals surface area contributed by atoms with E-state index in [2.05, 4.69) is 9.44 Å². The predicted molar refractivity (Wildman–Crippen MR) is 54.2 cm³/mol. The minimum absolute atomic E-state index is 0.00637. The highest BCUT2D eigenvalue weighted by Crippen LogP contribution is 2.20. The maximum atomic E-state index is 11.3. The number of hydrogen-bond donors (Lipinski definition) is 2. The van der Waals surface area contributed by atoms with Crippen LogP contribution in [0.1, 0.15) is 25.7 Å². The van der Waals surface area contributed by atoms with Gasteiger partial charge in [0.25, 0.3) is 10.2 Å². The molecule has 0 aliphatic heterocycles. The summed E-state index contributed by atoms with van der Waals surface area (Å²) in [5, 5.41) is 0. The molecule has 1 aliphatic rings. The summed E-state index contributed by atoms with van der Waals surface area (Å²) in [7, 11) is -0.325. The van der Waals surface area contributed by atoms with E-state index in [1.807, 2.05) is 0 Å². The molecule has 6 heteroatoms. The summed E-state index contributed by atoms with van der Waals surface area (Å²) in [6.45, 7) is 0. The third kappa shape index (κ3) is 3.20. The molecule has 0 radical (unpaired) electrons. The molecule has 0 aromatic rings. The van der Waals surface area contributed by atoms with Gasteiger partial charge in [-0.3, -0.25) is 0 Å². The Bertz CT molecular complexity index is 266. The first-order valence-electron chi connectivity index (χ1n) is 4.82. The zero-order chi connectivity index (χ0) is 10.6. The van der Waals surface area contributed by atoms with Crippen LogP contribution in [0.2, 0.25) is 0 Å². The Hall–Kier alpha value is -0.170. The van der Waals surface area contributed by atoms with Gasteiger partial charge in [0, 0.05) is 20.2 Å². The molecule has 84 valence electrons. The largest absolute Gasteiger partial charge is 0.380 e. The summed E-state index contributed by atoms with van der Waals surface area (Å²) in [6.07, 6.45) is 3.94. The first-order chi connectivity index (χ1) is 6.59. The molecular formula is C8H18N2O3S. The molecule has 0 amide bonds. The van der Waals surface area contributed by atoms with Crippen molar-refractivity contribution in [3.8, 4) is 0 Å². The summed E-state index contributed by atoms with van der Waals surface area (Å²) >= 11 is 0. The topological polar surface area (TPSA) is 67.4 Å². The molecule has 0 bridgehead atoms. The van der Waals surface area contributed by atoms with Crippen LogP contribution >= 0.6 is 0 Å². The van der Waals surface area contributed by atoms with Gasteiger partial charge in [0.05, 0.1) is 6.10 Å². The van der Waals surface area contributed by atoms with Gasteiger partial charge in [0.1, 0.15) is 0 Å². The molecule has 0 aromatic carbocycles. The second-order valence-electron chi connectivity index (χ2n) is 3.49. The molecule has 2 atom stereocenters. The van der Waals surface area contributed by atoms with Crippen molar-refractivity contribution >= 4 is 10.2 Å². The van der Waals surface area contributed by atoms with Gasteiger partial charge < -0.3 is 4.74 Å². The quantitative estimate of drug-likeness (QED) is 0.703. The Morgan fingerprint density at radius 2 is 1.93 bits per heavy atom. The first kappa shape index (κ1) is 11.9. The lowest BCUT2D eigenvalue weighted by atomic mass is 9.93. The molecule has 0 aromatic heterocycles. The molecule has 2 unspecified atom stereocenters. The average molecular weight is 222 g/mol. The summed E-state index contributed by atoms with van der Waals surface area (Å²) in [4.78, 5) is 0. The highest BCUT2D eigenvalue weighted by molar-refractivity contribution is 7.87. The highest BCUT2D eigenvalue weighted by atomic mass is 32.2. The smallest absolute Gasteiger partial charge is 0.276 e. The Kier molecular flexibility index (Phi) is 4.31. The van der Waals surface area contributed by atoms with Crippen molar-refractivity contribution in [2.24, 2.45) is 0 Å². The standard InChI is InChI=1S/C8H18N2O3S/c1-9-14(11,12)10-7-5-3-4-6-8(7)13-2/h7-10H,3-6H2,1-2H3. The third-order valence-electron chi connectivity index (χ3n) is 2.58. The monoisotopic (exact) mass is 222 g/mol. The summed E-state index contributed by atoms with van der Waals surface area (Å²) in [6, 6.07) is -0.0915. The van der Waals surface area contributed by atoms with E-state index in [-0.39, 0.29) is 12.1 Å². The van der Waals surface area contributed by atoms with Crippen molar-refractivity contribution < 1.29 is 13.2 Å². The van der Waals surface area contributed by atoms with Crippen molar-refractivity contribution in [3.05, 3.63) is 0 Å². The fraction of sp³-hybridized carbons (Fsp3) is 1.00. The van der Waals surface area contributed by atoms with Crippen LogP contribution in [0.4, 0.5) is 0 Å². The lowest BCUT2D eigenvalue weighted by molar-refractivity contribution is 0.0492. The lowest BCUT2D eigenvalue weighted by Crippen LogP contribution is -2.49. The predicted octanol–water partition coefficient (Wildman–Crippen LogP) is -0.00220. The van der Waals surface area contributed by atoms with E-state index in [4.69, 9.17) is 4.74 Å². The van der Waals surface area contributed by atoms with E-state index in [0.717, 1.165) is 25.7 Å². The first-order valence-corrected chi connectivity index (χ1v) is 6.31. The number of ether oxygens (including phenoxy) is 1. The van der Waals surface area contributed by atoms with Gasteiger partial charge in [0.15, 0.2) is 0 Å². The maximum Gasteiger partial charge on any atom is 0.276 e. The molecule has 1 fully saturated rings. The van der Waals surface area contributed by atoms with E-state index in [1.54, 1.807) is 7.11 Å². The summed E-state index contributed by atoms with van der Waals surface area (Å²) < 4.78 is 32.6. The van der Waals surface area contributed by atoms with Gasteiger partial charge in [-0.25, -0.2) is 4.72 Å². The van der Waals surface area contributed by atoms with E-state index in [9.17, 15) is 8.42 Å². The van der Waals surface area contributed by atoms with E-state index >= 15 is 0 Å². The van der Waals surface area contributed by atoms with Gasteiger partial charge in [-0.15, -0.1) is 0 Å². The molecule has 1 rings (SSSR count). The molecule has 1 saturated carbocycles. The van der Waals surface area contributed by atoms with Crippen molar-refractivity contribution in [2.45, 2.75) is 37.8 Å². The molecule has 0 saturated heterocycles. The Balaban J connectivity index is 2.57. The summed E-state index contributed by atoms with van der Waals surface area (Å²) in [5.74, 6) is 0. The maximum absolute atomic E-state index is 11.3. The summed E-state index contributed by atoms with van der Waals surface area (Å²) in [5.41, 5.74) is 0. The van der Waals surface area contributed by atoms with Crippen molar-refractivity contribution in [3.63, 3.8) is 0 Å². The Morgan fingerprint density at radius 1 is 1.29 bits per heavy atom. The van der Waals surface area contributed by atoms with E-state index < -0.39 is 10.2 Å². The molecule has 14 heavy (non-hydrogen) atoms. The van der Waals surface area contributed by atoms with Crippen LogP contribution in [-0.4, -0.2) is 34.7 Å². The molecule has 2 N–H and O–H groups in total. The van der Waals surface area contributed by atoms with Crippen LogP contribution in [0.3, 0.4) is 0 Å². The van der Waals surface area contributed by atoms with Gasteiger partial charge >= 0.3 is 0 Å². The lowest BCUT2D eigenvalue weighted by Gasteiger charge is -2.30. The normalized spacial score (nSPS) is 29.0.